The van der Waals surface area contributed by atoms with Crippen molar-refractivity contribution >= 4 is 30.5 Å². The molecule has 1 heterocycles. The van der Waals surface area contributed by atoms with Crippen molar-refractivity contribution in [3.63, 3.8) is 0 Å². The molecule has 2 aromatic rings. The number of carbonyl (C=O) groups is 2. The van der Waals surface area contributed by atoms with E-state index in [0.717, 1.165) is 10.6 Å². The molecule has 100 valence electrons. The van der Waals surface area contributed by atoms with Gasteiger partial charge in [-0.15, -0.1) is 0 Å². The zero-order valence-electron chi connectivity index (χ0n) is 10.9. The first-order valence-corrected chi connectivity index (χ1v) is 7.83. The fraction of sp³-hybridized carbons (Fsp3) is 0.125. The van der Waals surface area contributed by atoms with E-state index in [1.807, 2.05) is 60.7 Å². The highest BCUT2D eigenvalue weighted by molar-refractivity contribution is 7.72. The van der Waals surface area contributed by atoms with Gasteiger partial charge in [-0.1, -0.05) is 60.7 Å². The second kappa shape index (κ2) is 5.56. The number of amides is 2. The fourth-order valence-corrected chi connectivity index (χ4v) is 4.62. The van der Waals surface area contributed by atoms with Gasteiger partial charge in [-0.3, -0.25) is 14.3 Å². The molecule has 0 aromatic heterocycles. The first-order valence-electron chi connectivity index (χ1n) is 6.53. The molecule has 3 rings (SSSR count). The van der Waals surface area contributed by atoms with Crippen LogP contribution in [-0.2, 0) is 9.59 Å². The zero-order valence-corrected chi connectivity index (χ0v) is 11.8. The minimum atomic E-state index is -1.10. The summed E-state index contributed by atoms with van der Waals surface area (Å²) in [6.45, 7) is 0. The van der Waals surface area contributed by atoms with Crippen molar-refractivity contribution in [2.75, 3.05) is 0 Å². The molecular weight excluding hydrogens is 269 g/mol. The predicted octanol–water partition coefficient (Wildman–Crippen LogP) is 2.18. The summed E-state index contributed by atoms with van der Waals surface area (Å²) in [6, 6.07) is 19.6. The lowest BCUT2D eigenvalue weighted by Crippen LogP contribution is -2.32. The zero-order chi connectivity index (χ0) is 13.9. The molecule has 2 aromatic carbocycles. The molecule has 3 nitrogen and oxygen atoms in total. The third-order valence-corrected chi connectivity index (χ3v) is 5.65. The van der Waals surface area contributed by atoms with Crippen LogP contribution in [0.15, 0.2) is 60.7 Å². The quantitative estimate of drug-likeness (QED) is 0.639. The molecule has 2 amide bonds. The van der Waals surface area contributed by atoms with Crippen molar-refractivity contribution in [1.29, 1.82) is 0 Å². The molecular formula is C16H14NO2P. The highest BCUT2D eigenvalue weighted by Gasteiger charge is 2.36. The van der Waals surface area contributed by atoms with E-state index < -0.39 is 8.07 Å². The Morgan fingerprint density at radius 2 is 1.10 bits per heavy atom. The highest BCUT2D eigenvalue weighted by atomic mass is 31.1. The van der Waals surface area contributed by atoms with Crippen molar-refractivity contribution in [2.45, 2.75) is 12.8 Å². The summed E-state index contributed by atoms with van der Waals surface area (Å²) >= 11 is 0. The summed E-state index contributed by atoms with van der Waals surface area (Å²) in [5, 5.41) is 2.05. The van der Waals surface area contributed by atoms with Crippen molar-refractivity contribution in [1.82, 2.24) is 4.67 Å². The van der Waals surface area contributed by atoms with E-state index in [9.17, 15) is 9.59 Å². The van der Waals surface area contributed by atoms with Gasteiger partial charge < -0.3 is 0 Å². The van der Waals surface area contributed by atoms with Crippen molar-refractivity contribution in [3.05, 3.63) is 60.7 Å². The molecule has 0 N–H and O–H groups in total. The lowest BCUT2D eigenvalue weighted by atomic mass is 10.4. The molecule has 0 radical (unpaired) electrons. The van der Waals surface area contributed by atoms with Gasteiger partial charge in [0.25, 0.3) is 0 Å². The van der Waals surface area contributed by atoms with Crippen molar-refractivity contribution in [3.8, 4) is 0 Å². The minimum Gasteiger partial charge on any atom is -0.274 e. The Kier molecular flexibility index (Phi) is 3.62. The van der Waals surface area contributed by atoms with E-state index >= 15 is 0 Å². The summed E-state index contributed by atoms with van der Waals surface area (Å²) in [4.78, 5) is 24.2. The Hall–Kier alpha value is -1.99. The van der Waals surface area contributed by atoms with Crippen LogP contribution in [0, 0.1) is 0 Å². The second-order valence-electron chi connectivity index (χ2n) is 4.58. The Labute approximate surface area is 119 Å². The van der Waals surface area contributed by atoms with Gasteiger partial charge in [0.2, 0.25) is 11.8 Å². The van der Waals surface area contributed by atoms with E-state index in [4.69, 9.17) is 0 Å². The van der Waals surface area contributed by atoms with Crippen LogP contribution in [0.1, 0.15) is 12.8 Å². The van der Waals surface area contributed by atoms with E-state index in [1.54, 1.807) is 0 Å². The molecule has 20 heavy (non-hydrogen) atoms. The van der Waals surface area contributed by atoms with Gasteiger partial charge in [0.05, 0.1) is 8.07 Å². The molecule has 1 aliphatic heterocycles. The Balaban J connectivity index is 2.09. The smallest absolute Gasteiger partial charge is 0.233 e. The van der Waals surface area contributed by atoms with E-state index in [1.165, 1.54) is 4.67 Å². The summed E-state index contributed by atoms with van der Waals surface area (Å²) < 4.78 is 1.47. The van der Waals surface area contributed by atoms with Gasteiger partial charge in [-0.05, 0) is 0 Å². The summed E-state index contributed by atoms with van der Waals surface area (Å²) in [5.74, 6) is -0.123. The minimum absolute atomic E-state index is 0.0613. The molecule has 0 bridgehead atoms. The molecule has 0 aliphatic carbocycles. The van der Waals surface area contributed by atoms with Crippen LogP contribution in [0.2, 0.25) is 0 Å². The summed E-state index contributed by atoms with van der Waals surface area (Å²) in [5.41, 5.74) is 0. The van der Waals surface area contributed by atoms with Crippen LogP contribution in [0.3, 0.4) is 0 Å². The number of rotatable bonds is 3. The normalized spacial score (nSPS) is 15.2. The predicted molar refractivity (Wildman–Crippen MR) is 80.2 cm³/mol. The van der Waals surface area contributed by atoms with Crippen LogP contribution >= 0.6 is 8.07 Å². The first kappa shape index (κ1) is 13.0. The SMILES string of the molecule is O=C1CCC(=O)N1P(c1ccccc1)c1ccccc1. The van der Waals surface area contributed by atoms with Crippen LogP contribution in [0.25, 0.3) is 0 Å². The number of hydrogen-bond donors (Lipinski definition) is 0. The number of carbonyl (C=O) groups excluding carboxylic acids is 2. The second-order valence-corrected chi connectivity index (χ2v) is 6.64. The topological polar surface area (TPSA) is 37.4 Å². The molecule has 1 aliphatic rings. The molecule has 1 saturated heterocycles. The van der Waals surface area contributed by atoms with Gasteiger partial charge >= 0.3 is 0 Å². The average molecular weight is 283 g/mol. The maximum Gasteiger partial charge on any atom is 0.233 e. The maximum atomic E-state index is 12.1. The lowest BCUT2D eigenvalue weighted by Gasteiger charge is -2.26. The maximum absolute atomic E-state index is 12.1. The van der Waals surface area contributed by atoms with Gasteiger partial charge in [0.15, 0.2) is 0 Å². The molecule has 0 atom stereocenters. The largest absolute Gasteiger partial charge is 0.274 e. The van der Waals surface area contributed by atoms with E-state index in [-0.39, 0.29) is 11.8 Å². The Bertz CT molecular complexity index is 572. The van der Waals surface area contributed by atoms with Crippen molar-refractivity contribution in [2.24, 2.45) is 0 Å². The standard InChI is InChI=1S/C16H14NO2P/c18-15-11-12-16(19)17(15)20(13-7-3-1-4-8-13)14-9-5-2-6-10-14/h1-10H,11-12H2. The van der Waals surface area contributed by atoms with Crippen LogP contribution in [0.5, 0.6) is 0 Å². The summed E-state index contributed by atoms with van der Waals surface area (Å²) in [7, 11) is -1.10. The monoisotopic (exact) mass is 283 g/mol. The molecule has 1 fully saturated rings. The van der Waals surface area contributed by atoms with Gasteiger partial charge in [-0.2, -0.15) is 0 Å². The number of nitrogens with zero attached hydrogens (tertiary/aromatic N) is 1. The number of imide groups is 1. The average Bonchev–Trinajstić information content (AvgIpc) is 2.82. The number of benzene rings is 2. The van der Waals surface area contributed by atoms with Crippen LogP contribution in [-0.4, -0.2) is 16.5 Å². The fourth-order valence-electron chi connectivity index (χ4n) is 2.31. The summed E-state index contributed by atoms with van der Waals surface area (Å²) in [6.07, 6.45) is 0.661. The van der Waals surface area contributed by atoms with Crippen molar-refractivity contribution < 1.29 is 9.59 Å². The van der Waals surface area contributed by atoms with E-state index in [2.05, 4.69) is 0 Å². The Morgan fingerprint density at radius 1 is 0.700 bits per heavy atom. The molecule has 4 heteroatoms. The van der Waals surface area contributed by atoms with Crippen LogP contribution < -0.4 is 10.6 Å². The molecule has 0 saturated carbocycles. The third kappa shape index (κ3) is 2.37. The van der Waals surface area contributed by atoms with E-state index in [0.29, 0.717) is 12.8 Å². The number of hydrogen-bond acceptors (Lipinski definition) is 2. The highest BCUT2D eigenvalue weighted by Crippen LogP contribution is 2.41. The van der Waals surface area contributed by atoms with Gasteiger partial charge in [0.1, 0.15) is 0 Å². The van der Waals surface area contributed by atoms with Gasteiger partial charge in [-0.25, -0.2) is 0 Å². The third-order valence-electron chi connectivity index (χ3n) is 3.23. The first-order chi connectivity index (χ1) is 9.77. The van der Waals surface area contributed by atoms with Crippen LogP contribution in [0.4, 0.5) is 0 Å². The van der Waals surface area contributed by atoms with Gasteiger partial charge in [0, 0.05) is 23.5 Å². The molecule has 0 unspecified atom stereocenters. The Morgan fingerprint density at radius 3 is 1.50 bits per heavy atom. The molecule has 0 spiro atoms. The lowest BCUT2D eigenvalue weighted by molar-refractivity contribution is -0.132.